The average molecular weight is 311 g/mol. The number of guanidine groups is 1. The van der Waals surface area contributed by atoms with Crippen molar-refractivity contribution in [2.24, 2.45) is 4.99 Å². The molecule has 6 nitrogen and oxygen atoms in total. The van der Waals surface area contributed by atoms with Gasteiger partial charge in [0.1, 0.15) is 0 Å². The lowest BCUT2D eigenvalue weighted by Gasteiger charge is -2.27. The van der Waals surface area contributed by atoms with E-state index in [0.29, 0.717) is 0 Å². The van der Waals surface area contributed by atoms with Crippen LogP contribution in [0, 0.1) is 0 Å². The van der Waals surface area contributed by atoms with E-state index in [1.165, 1.54) is 32.4 Å². The summed E-state index contributed by atoms with van der Waals surface area (Å²) in [5, 5.41) is 6.79. The minimum atomic E-state index is 0.846. The van der Waals surface area contributed by atoms with Crippen molar-refractivity contribution in [2.45, 2.75) is 26.2 Å². The normalized spacial score (nSPS) is 21.8. The standard InChI is InChI=1S/C16H33N5O/c1-2-17-16(18-6-10-20-8-4-3-5-9-20)19-7-11-21-12-14-22-15-13-21/h2-15H2,1H3,(H2,17,18,19). The van der Waals surface area contributed by atoms with Gasteiger partial charge in [0.2, 0.25) is 0 Å². The highest BCUT2D eigenvalue weighted by Crippen LogP contribution is 2.07. The van der Waals surface area contributed by atoms with E-state index in [4.69, 9.17) is 4.74 Å². The predicted octanol–water partition coefficient (Wildman–Crippen LogP) is 0.360. The van der Waals surface area contributed by atoms with Crippen LogP contribution in [0.5, 0.6) is 0 Å². The molecular formula is C16H33N5O. The molecule has 0 unspecified atom stereocenters. The van der Waals surface area contributed by atoms with Crippen LogP contribution in [0.15, 0.2) is 4.99 Å². The minimum Gasteiger partial charge on any atom is -0.379 e. The number of hydrogen-bond acceptors (Lipinski definition) is 4. The first-order valence-electron chi connectivity index (χ1n) is 8.93. The zero-order chi connectivity index (χ0) is 15.5. The van der Waals surface area contributed by atoms with Gasteiger partial charge in [0.15, 0.2) is 5.96 Å². The van der Waals surface area contributed by atoms with Crippen LogP contribution in [0.1, 0.15) is 26.2 Å². The van der Waals surface area contributed by atoms with E-state index in [-0.39, 0.29) is 0 Å². The van der Waals surface area contributed by atoms with Crippen LogP contribution >= 0.6 is 0 Å². The van der Waals surface area contributed by atoms with E-state index in [9.17, 15) is 0 Å². The van der Waals surface area contributed by atoms with Crippen LogP contribution in [0.4, 0.5) is 0 Å². The molecule has 0 aromatic rings. The van der Waals surface area contributed by atoms with Crippen LogP contribution < -0.4 is 10.6 Å². The number of aliphatic imine (C=N–C) groups is 1. The third-order valence-electron chi connectivity index (χ3n) is 4.30. The average Bonchev–Trinajstić information content (AvgIpc) is 2.57. The highest BCUT2D eigenvalue weighted by molar-refractivity contribution is 5.79. The third kappa shape index (κ3) is 6.94. The Kier molecular flexibility index (Phi) is 8.60. The third-order valence-corrected chi connectivity index (χ3v) is 4.30. The summed E-state index contributed by atoms with van der Waals surface area (Å²) in [7, 11) is 0. The maximum Gasteiger partial charge on any atom is 0.191 e. The number of ether oxygens (including phenoxy) is 1. The van der Waals surface area contributed by atoms with Gasteiger partial charge in [-0.25, -0.2) is 0 Å². The van der Waals surface area contributed by atoms with E-state index in [0.717, 1.165) is 65.0 Å². The molecule has 2 rings (SSSR count). The summed E-state index contributed by atoms with van der Waals surface area (Å²) in [6.45, 7) is 13.3. The Hall–Kier alpha value is -0.850. The first-order chi connectivity index (χ1) is 10.9. The van der Waals surface area contributed by atoms with Gasteiger partial charge >= 0.3 is 0 Å². The lowest BCUT2D eigenvalue weighted by molar-refractivity contribution is 0.0394. The Bertz CT molecular complexity index is 312. The quantitative estimate of drug-likeness (QED) is 0.525. The molecule has 6 heteroatoms. The van der Waals surface area contributed by atoms with Gasteiger partial charge in [-0.1, -0.05) is 6.42 Å². The van der Waals surface area contributed by atoms with Crippen LogP contribution in [0.25, 0.3) is 0 Å². The maximum absolute atomic E-state index is 5.37. The molecule has 2 saturated heterocycles. The SMILES string of the molecule is CCNC(=NCCN1CCOCC1)NCCN1CCCCC1. The van der Waals surface area contributed by atoms with Crippen molar-refractivity contribution in [3.8, 4) is 0 Å². The lowest BCUT2D eigenvalue weighted by atomic mass is 10.1. The molecule has 2 heterocycles. The fourth-order valence-corrected chi connectivity index (χ4v) is 2.99. The monoisotopic (exact) mass is 311 g/mol. The van der Waals surface area contributed by atoms with E-state index >= 15 is 0 Å². The van der Waals surface area contributed by atoms with Crippen molar-refractivity contribution in [1.29, 1.82) is 0 Å². The Morgan fingerprint density at radius 2 is 1.68 bits per heavy atom. The number of piperidine rings is 1. The zero-order valence-corrected chi connectivity index (χ0v) is 14.1. The highest BCUT2D eigenvalue weighted by atomic mass is 16.5. The first kappa shape index (κ1) is 17.5. The summed E-state index contributed by atoms with van der Waals surface area (Å²) in [4.78, 5) is 9.65. The fraction of sp³-hybridized carbons (Fsp3) is 0.938. The molecule has 0 aromatic heterocycles. The van der Waals surface area contributed by atoms with Crippen LogP contribution in [-0.4, -0.2) is 87.9 Å². The van der Waals surface area contributed by atoms with Gasteiger partial charge in [0.25, 0.3) is 0 Å². The largest absolute Gasteiger partial charge is 0.379 e. The van der Waals surface area contributed by atoms with Gasteiger partial charge in [0, 0.05) is 39.3 Å². The molecule has 0 atom stereocenters. The molecule has 0 saturated carbocycles. The summed E-state index contributed by atoms with van der Waals surface area (Å²) in [6, 6.07) is 0. The van der Waals surface area contributed by atoms with E-state index in [1.807, 2.05) is 0 Å². The smallest absolute Gasteiger partial charge is 0.191 e. The van der Waals surface area contributed by atoms with Crippen molar-refractivity contribution in [3.05, 3.63) is 0 Å². The fourth-order valence-electron chi connectivity index (χ4n) is 2.99. The molecule has 0 bridgehead atoms. The van der Waals surface area contributed by atoms with E-state index < -0.39 is 0 Å². The van der Waals surface area contributed by atoms with Gasteiger partial charge in [-0.2, -0.15) is 0 Å². The summed E-state index contributed by atoms with van der Waals surface area (Å²) in [6.07, 6.45) is 4.11. The van der Waals surface area contributed by atoms with Crippen LogP contribution in [-0.2, 0) is 4.74 Å². The Morgan fingerprint density at radius 1 is 0.955 bits per heavy atom. The molecule has 0 amide bonds. The molecule has 0 aromatic carbocycles. The van der Waals surface area contributed by atoms with Gasteiger partial charge in [-0.3, -0.25) is 9.89 Å². The molecule has 128 valence electrons. The molecule has 0 aliphatic carbocycles. The number of likely N-dealkylation sites (tertiary alicyclic amines) is 1. The number of hydrogen-bond donors (Lipinski definition) is 2. The molecular weight excluding hydrogens is 278 g/mol. The molecule has 22 heavy (non-hydrogen) atoms. The lowest BCUT2D eigenvalue weighted by Crippen LogP contribution is -2.43. The molecule has 2 aliphatic heterocycles. The summed E-state index contributed by atoms with van der Waals surface area (Å²) < 4.78 is 5.37. The zero-order valence-electron chi connectivity index (χ0n) is 14.1. The van der Waals surface area contributed by atoms with Crippen molar-refractivity contribution < 1.29 is 4.74 Å². The molecule has 2 aliphatic rings. The second-order valence-corrected chi connectivity index (χ2v) is 6.04. The number of rotatable bonds is 7. The van der Waals surface area contributed by atoms with Gasteiger partial charge in [-0.05, 0) is 32.9 Å². The molecule has 0 spiro atoms. The molecule has 2 fully saturated rings. The van der Waals surface area contributed by atoms with E-state index in [2.05, 4.69) is 32.3 Å². The van der Waals surface area contributed by atoms with Crippen molar-refractivity contribution in [2.75, 3.05) is 72.1 Å². The van der Waals surface area contributed by atoms with Crippen LogP contribution in [0.2, 0.25) is 0 Å². The molecule has 0 radical (unpaired) electrons. The number of nitrogens with one attached hydrogen (secondary N) is 2. The minimum absolute atomic E-state index is 0.846. The summed E-state index contributed by atoms with van der Waals surface area (Å²) in [5.74, 6) is 0.952. The Balaban J connectivity index is 1.62. The van der Waals surface area contributed by atoms with Gasteiger partial charge in [0.05, 0.1) is 19.8 Å². The summed E-state index contributed by atoms with van der Waals surface area (Å²) >= 11 is 0. The Morgan fingerprint density at radius 3 is 2.41 bits per heavy atom. The predicted molar refractivity (Wildman–Crippen MR) is 91.5 cm³/mol. The van der Waals surface area contributed by atoms with E-state index in [1.54, 1.807) is 0 Å². The first-order valence-corrected chi connectivity index (χ1v) is 8.93. The topological polar surface area (TPSA) is 52.1 Å². The van der Waals surface area contributed by atoms with Gasteiger partial charge < -0.3 is 20.3 Å². The number of nitrogens with zero attached hydrogens (tertiary/aromatic N) is 3. The second-order valence-electron chi connectivity index (χ2n) is 6.04. The highest BCUT2D eigenvalue weighted by Gasteiger charge is 2.10. The van der Waals surface area contributed by atoms with Gasteiger partial charge in [-0.15, -0.1) is 0 Å². The van der Waals surface area contributed by atoms with Crippen molar-refractivity contribution in [1.82, 2.24) is 20.4 Å². The Labute approximate surface area is 135 Å². The van der Waals surface area contributed by atoms with Crippen LogP contribution in [0.3, 0.4) is 0 Å². The summed E-state index contributed by atoms with van der Waals surface area (Å²) in [5.41, 5.74) is 0. The van der Waals surface area contributed by atoms with Crippen molar-refractivity contribution >= 4 is 5.96 Å². The number of morpholine rings is 1. The van der Waals surface area contributed by atoms with Crippen molar-refractivity contribution in [3.63, 3.8) is 0 Å². The maximum atomic E-state index is 5.37. The molecule has 2 N–H and O–H groups in total. The second kappa shape index (κ2) is 10.8.